The smallest absolute Gasteiger partial charge is 0.234 e. The Morgan fingerprint density at radius 3 is 2.73 bits per heavy atom. The van der Waals surface area contributed by atoms with Crippen molar-refractivity contribution >= 4 is 38.9 Å². The van der Waals surface area contributed by atoms with Gasteiger partial charge in [0.2, 0.25) is 4.96 Å². The largest absolute Gasteiger partial charge is 0.323 e. The Bertz CT molecular complexity index is 1200. The number of imidazole rings is 1. The van der Waals surface area contributed by atoms with Crippen molar-refractivity contribution in [2.45, 2.75) is 13.0 Å². The summed E-state index contributed by atoms with van der Waals surface area (Å²) >= 11 is 7.50. The van der Waals surface area contributed by atoms with Gasteiger partial charge in [-0.25, -0.2) is 4.98 Å². The molecule has 0 fully saturated rings. The number of benzene rings is 2. The maximum Gasteiger partial charge on any atom is 0.234 e. The number of rotatable bonds is 4. The van der Waals surface area contributed by atoms with Gasteiger partial charge in [-0.05, 0) is 29.8 Å². The molecule has 26 heavy (non-hydrogen) atoms. The van der Waals surface area contributed by atoms with E-state index in [4.69, 9.17) is 16.7 Å². The van der Waals surface area contributed by atoms with Crippen LogP contribution in [0.4, 0.5) is 0 Å². The average Bonchev–Trinajstić information content (AvgIpc) is 3.33. The van der Waals surface area contributed by atoms with Gasteiger partial charge in [0.1, 0.15) is 5.01 Å². The van der Waals surface area contributed by atoms with E-state index >= 15 is 0 Å². The Morgan fingerprint density at radius 1 is 1.00 bits per heavy atom. The van der Waals surface area contributed by atoms with E-state index < -0.39 is 0 Å². The molecule has 5 aromatic rings. The Hall–Kier alpha value is -2.77. The molecule has 0 aliphatic heterocycles. The Balaban J connectivity index is 1.45. The molecule has 0 atom stereocenters. The van der Waals surface area contributed by atoms with Crippen LogP contribution in [0.25, 0.3) is 16.0 Å². The molecule has 0 aliphatic carbocycles. The zero-order chi connectivity index (χ0) is 17.5. The molecular formula is C18H13ClN6S. The molecular weight excluding hydrogens is 368 g/mol. The van der Waals surface area contributed by atoms with Crippen molar-refractivity contribution in [3.8, 4) is 0 Å². The second kappa shape index (κ2) is 6.19. The maximum atomic E-state index is 5.95. The maximum absolute atomic E-state index is 5.95. The van der Waals surface area contributed by atoms with Crippen LogP contribution in [-0.2, 0) is 13.0 Å². The first-order valence-corrected chi connectivity index (χ1v) is 9.30. The average molecular weight is 381 g/mol. The summed E-state index contributed by atoms with van der Waals surface area (Å²) in [4.78, 5) is 5.22. The van der Waals surface area contributed by atoms with Crippen molar-refractivity contribution in [1.29, 1.82) is 0 Å². The second-order valence-corrected chi connectivity index (χ2v) is 7.45. The van der Waals surface area contributed by atoms with Gasteiger partial charge in [-0.3, -0.25) is 0 Å². The molecule has 2 aromatic carbocycles. The van der Waals surface area contributed by atoms with Crippen LogP contribution in [0, 0.1) is 0 Å². The summed E-state index contributed by atoms with van der Waals surface area (Å²) in [6, 6.07) is 15.9. The van der Waals surface area contributed by atoms with Crippen molar-refractivity contribution in [1.82, 2.24) is 29.4 Å². The van der Waals surface area contributed by atoms with E-state index in [9.17, 15) is 0 Å². The molecule has 3 aromatic heterocycles. The minimum absolute atomic E-state index is 0.575. The number of para-hydroxylation sites is 2. The normalized spacial score (nSPS) is 11.6. The van der Waals surface area contributed by atoms with Gasteiger partial charge >= 0.3 is 0 Å². The van der Waals surface area contributed by atoms with Gasteiger partial charge in [-0.1, -0.05) is 47.2 Å². The first kappa shape index (κ1) is 15.5. The highest BCUT2D eigenvalue weighted by Crippen LogP contribution is 2.20. The van der Waals surface area contributed by atoms with E-state index in [0.29, 0.717) is 6.54 Å². The zero-order valence-corrected chi connectivity index (χ0v) is 15.2. The van der Waals surface area contributed by atoms with Crippen LogP contribution in [0.1, 0.15) is 16.4 Å². The van der Waals surface area contributed by atoms with Gasteiger partial charge in [0, 0.05) is 11.4 Å². The lowest BCUT2D eigenvalue weighted by Gasteiger charge is -2.01. The van der Waals surface area contributed by atoms with Crippen molar-refractivity contribution in [2.24, 2.45) is 0 Å². The predicted molar refractivity (Wildman–Crippen MR) is 102 cm³/mol. The van der Waals surface area contributed by atoms with Gasteiger partial charge in [0.05, 0.1) is 23.9 Å². The van der Waals surface area contributed by atoms with Crippen LogP contribution >= 0.6 is 22.9 Å². The third-order valence-electron chi connectivity index (χ3n) is 4.21. The topological polar surface area (TPSA) is 60.9 Å². The Morgan fingerprint density at radius 2 is 1.85 bits per heavy atom. The summed E-state index contributed by atoms with van der Waals surface area (Å²) in [5, 5.41) is 15.0. The van der Waals surface area contributed by atoms with E-state index in [1.54, 1.807) is 11.3 Å². The van der Waals surface area contributed by atoms with Gasteiger partial charge in [-0.15, -0.1) is 10.2 Å². The van der Waals surface area contributed by atoms with E-state index in [2.05, 4.69) is 19.7 Å². The minimum atomic E-state index is 0.575. The third kappa shape index (κ3) is 2.75. The highest BCUT2D eigenvalue weighted by atomic mass is 35.5. The molecule has 0 unspecified atom stereocenters. The fourth-order valence-corrected chi connectivity index (χ4v) is 3.95. The molecule has 0 amide bonds. The Labute approximate surface area is 157 Å². The van der Waals surface area contributed by atoms with Crippen molar-refractivity contribution < 1.29 is 0 Å². The molecule has 0 bridgehead atoms. The minimum Gasteiger partial charge on any atom is -0.323 e. The first-order chi connectivity index (χ1) is 12.8. The van der Waals surface area contributed by atoms with Crippen LogP contribution < -0.4 is 0 Å². The van der Waals surface area contributed by atoms with Crippen LogP contribution in [0.3, 0.4) is 0 Å². The number of hydrogen-bond acceptors (Lipinski definition) is 5. The summed E-state index contributed by atoms with van der Waals surface area (Å²) in [6.45, 7) is 0.575. The van der Waals surface area contributed by atoms with Crippen LogP contribution in [0.2, 0.25) is 5.02 Å². The molecule has 0 radical (unpaired) electrons. The number of fused-ring (bicyclic) bond motifs is 2. The van der Waals surface area contributed by atoms with Gasteiger partial charge in [0.25, 0.3) is 0 Å². The quantitative estimate of drug-likeness (QED) is 0.475. The van der Waals surface area contributed by atoms with Crippen molar-refractivity contribution in [3.63, 3.8) is 0 Å². The van der Waals surface area contributed by atoms with Crippen molar-refractivity contribution in [2.75, 3.05) is 0 Å². The van der Waals surface area contributed by atoms with E-state index in [1.165, 1.54) is 5.56 Å². The second-order valence-electron chi connectivity index (χ2n) is 5.97. The van der Waals surface area contributed by atoms with E-state index in [1.807, 2.05) is 59.4 Å². The Kier molecular flexibility index (Phi) is 3.69. The van der Waals surface area contributed by atoms with Crippen molar-refractivity contribution in [3.05, 3.63) is 76.3 Å². The summed E-state index contributed by atoms with van der Waals surface area (Å²) in [6.07, 6.45) is 2.57. The molecule has 0 saturated heterocycles. The van der Waals surface area contributed by atoms with Gasteiger partial charge < -0.3 is 4.57 Å². The molecule has 0 aliphatic rings. The summed E-state index contributed by atoms with van der Waals surface area (Å²) in [5.74, 6) is 0.793. The highest BCUT2D eigenvalue weighted by molar-refractivity contribution is 7.16. The number of halogens is 1. The lowest BCUT2D eigenvalue weighted by atomic mass is 10.2. The van der Waals surface area contributed by atoms with E-state index in [-0.39, 0.29) is 0 Å². The van der Waals surface area contributed by atoms with Gasteiger partial charge in [0.15, 0.2) is 5.82 Å². The molecule has 128 valence electrons. The third-order valence-corrected chi connectivity index (χ3v) is 5.36. The number of hydrogen-bond donors (Lipinski definition) is 0. The lowest BCUT2D eigenvalue weighted by Crippen LogP contribution is -2.04. The summed E-state index contributed by atoms with van der Waals surface area (Å²) in [7, 11) is 0. The molecule has 6 nitrogen and oxygen atoms in total. The zero-order valence-electron chi connectivity index (χ0n) is 13.6. The van der Waals surface area contributed by atoms with Gasteiger partial charge in [-0.2, -0.15) is 9.61 Å². The van der Waals surface area contributed by atoms with Crippen LogP contribution in [-0.4, -0.2) is 29.4 Å². The molecule has 5 rings (SSSR count). The first-order valence-electron chi connectivity index (χ1n) is 8.10. The standard InChI is InChI=1S/C18H13ClN6S/c19-13-7-5-12(6-8-13)9-17-23-25-16(21-22-18(25)26-17)10-24-11-20-14-3-1-2-4-15(14)24/h1-8,11H,9-10H2. The SMILES string of the molecule is Clc1ccc(Cc2nn3c(Cn4cnc5ccccc54)nnc3s2)cc1. The van der Waals surface area contributed by atoms with Crippen LogP contribution in [0.5, 0.6) is 0 Å². The van der Waals surface area contributed by atoms with Crippen LogP contribution in [0.15, 0.2) is 54.9 Å². The summed E-state index contributed by atoms with van der Waals surface area (Å²) in [5.41, 5.74) is 3.21. The fourth-order valence-electron chi connectivity index (χ4n) is 2.93. The molecule has 0 N–H and O–H groups in total. The van der Waals surface area contributed by atoms with E-state index in [0.717, 1.165) is 38.3 Å². The number of nitrogens with zero attached hydrogens (tertiary/aromatic N) is 6. The molecule has 0 spiro atoms. The summed E-state index contributed by atoms with van der Waals surface area (Å²) < 4.78 is 3.88. The lowest BCUT2D eigenvalue weighted by molar-refractivity contribution is 0.720. The predicted octanol–water partition coefficient (Wildman–Crippen LogP) is 3.83. The molecule has 8 heteroatoms. The fraction of sp³-hybridized carbons (Fsp3) is 0.111. The number of aromatic nitrogens is 6. The molecule has 0 saturated carbocycles. The monoisotopic (exact) mass is 380 g/mol. The highest BCUT2D eigenvalue weighted by Gasteiger charge is 2.13. The molecule has 3 heterocycles.